The fraction of sp³-hybridized carbons (Fsp3) is 0.259. The van der Waals surface area contributed by atoms with Gasteiger partial charge in [0, 0.05) is 24.3 Å². The van der Waals surface area contributed by atoms with Gasteiger partial charge in [0.2, 0.25) is 11.8 Å². The molecular formula is C27H29N3O4. The minimum Gasteiger partial charge on any atom is -0.497 e. The van der Waals surface area contributed by atoms with Crippen molar-refractivity contribution in [3.05, 3.63) is 83.9 Å². The van der Waals surface area contributed by atoms with Crippen LogP contribution in [0.3, 0.4) is 0 Å². The largest absolute Gasteiger partial charge is 0.497 e. The molecule has 1 heterocycles. The average Bonchev–Trinajstić information content (AvgIpc) is 3.32. The summed E-state index contributed by atoms with van der Waals surface area (Å²) in [6, 6.07) is 22.5. The summed E-state index contributed by atoms with van der Waals surface area (Å²) in [6.07, 6.45) is 1.49. The molecule has 0 spiro atoms. The summed E-state index contributed by atoms with van der Waals surface area (Å²) in [7, 11) is 3.25. The standard InChI is InChI=1S/C27H29N3O4/c1-33-23-13-5-19(6-14-23)27(20-7-15-24(34-2)16-8-20)29-25(31)18-28-21-9-11-22(12-10-21)30-17-3-4-26(30)32/h5-16,27-28H,3-4,17-18H2,1-2H3,(H,29,31). The predicted molar refractivity (Wildman–Crippen MR) is 132 cm³/mol. The third-order valence-electron chi connectivity index (χ3n) is 5.91. The van der Waals surface area contributed by atoms with Crippen molar-refractivity contribution in [2.75, 3.05) is 37.5 Å². The molecule has 1 saturated heterocycles. The second kappa shape index (κ2) is 10.7. The van der Waals surface area contributed by atoms with E-state index >= 15 is 0 Å². The first kappa shape index (κ1) is 23.2. The maximum atomic E-state index is 12.9. The lowest BCUT2D eigenvalue weighted by molar-refractivity contribution is -0.120. The maximum Gasteiger partial charge on any atom is 0.240 e. The van der Waals surface area contributed by atoms with Crippen LogP contribution in [0, 0.1) is 0 Å². The minimum absolute atomic E-state index is 0.116. The van der Waals surface area contributed by atoms with Crippen molar-refractivity contribution < 1.29 is 19.1 Å². The number of hydrogen-bond donors (Lipinski definition) is 2. The molecule has 7 nitrogen and oxygen atoms in total. The number of nitrogens with one attached hydrogen (secondary N) is 2. The van der Waals surface area contributed by atoms with Gasteiger partial charge in [-0.25, -0.2) is 0 Å². The van der Waals surface area contributed by atoms with Gasteiger partial charge < -0.3 is 25.0 Å². The topological polar surface area (TPSA) is 79.9 Å². The summed E-state index contributed by atoms with van der Waals surface area (Å²) in [6.45, 7) is 0.872. The van der Waals surface area contributed by atoms with Crippen LogP contribution < -0.4 is 25.0 Å². The van der Waals surface area contributed by atoms with Crippen molar-refractivity contribution in [3.8, 4) is 11.5 Å². The highest BCUT2D eigenvalue weighted by molar-refractivity contribution is 5.95. The second-order valence-electron chi connectivity index (χ2n) is 8.10. The Bertz CT molecular complexity index is 1060. The van der Waals surface area contributed by atoms with Gasteiger partial charge in [0.25, 0.3) is 0 Å². The van der Waals surface area contributed by atoms with E-state index in [4.69, 9.17) is 9.47 Å². The van der Waals surface area contributed by atoms with E-state index in [1.165, 1.54) is 0 Å². The van der Waals surface area contributed by atoms with Crippen molar-refractivity contribution in [1.29, 1.82) is 0 Å². The van der Waals surface area contributed by atoms with Crippen molar-refractivity contribution in [2.24, 2.45) is 0 Å². The first-order valence-corrected chi connectivity index (χ1v) is 11.3. The van der Waals surface area contributed by atoms with E-state index < -0.39 is 0 Å². The monoisotopic (exact) mass is 459 g/mol. The average molecular weight is 460 g/mol. The van der Waals surface area contributed by atoms with Gasteiger partial charge in [-0.15, -0.1) is 0 Å². The SMILES string of the molecule is COc1ccc(C(NC(=O)CNc2ccc(N3CCCC3=O)cc2)c2ccc(OC)cc2)cc1. The van der Waals surface area contributed by atoms with Gasteiger partial charge in [0.15, 0.2) is 0 Å². The molecule has 0 saturated carbocycles. The Balaban J connectivity index is 1.43. The van der Waals surface area contributed by atoms with Crippen LogP contribution in [0.4, 0.5) is 11.4 Å². The number of rotatable bonds is 9. The smallest absolute Gasteiger partial charge is 0.240 e. The quantitative estimate of drug-likeness (QED) is 0.503. The summed E-state index contributed by atoms with van der Waals surface area (Å²) in [5.41, 5.74) is 3.59. The molecule has 3 aromatic carbocycles. The molecule has 1 fully saturated rings. The van der Waals surface area contributed by atoms with Crippen molar-refractivity contribution in [1.82, 2.24) is 5.32 Å². The molecule has 0 unspecified atom stereocenters. The Morgan fingerprint density at radius 1 is 0.882 bits per heavy atom. The van der Waals surface area contributed by atoms with Crippen molar-refractivity contribution >= 4 is 23.2 Å². The van der Waals surface area contributed by atoms with Crippen LogP contribution in [0.15, 0.2) is 72.8 Å². The Hall–Kier alpha value is -4.00. The molecule has 1 aliphatic rings. The van der Waals surface area contributed by atoms with Gasteiger partial charge in [-0.3, -0.25) is 9.59 Å². The normalized spacial score (nSPS) is 13.1. The van der Waals surface area contributed by atoms with Gasteiger partial charge in [-0.2, -0.15) is 0 Å². The zero-order chi connectivity index (χ0) is 23.9. The fourth-order valence-electron chi connectivity index (χ4n) is 4.03. The molecule has 2 amide bonds. The number of hydrogen-bond acceptors (Lipinski definition) is 5. The van der Waals surface area contributed by atoms with E-state index in [0.29, 0.717) is 6.42 Å². The molecule has 0 radical (unpaired) electrons. The lowest BCUT2D eigenvalue weighted by Crippen LogP contribution is -2.34. The summed E-state index contributed by atoms with van der Waals surface area (Å²) in [5.74, 6) is 1.52. The van der Waals surface area contributed by atoms with Crippen LogP contribution in [0.25, 0.3) is 0 Å². The van der Waals surface area contributed by atoms with Crippen molar-refractivity contribution in [3.63, 3.8) is 0 Å². The number of benzene rings is 3. The molecule has 0 atom stereocenters. The molecule has 1 aliphatic heterocycles. The molecule has 3 aromatic rings. The van der Waals surface area contributed by atoms with E-state index in [9.17, 15) is 9.59 Å². The molecule has 4 rings (SSSR count). The van der Waals surface area contributed by atoms with Crippen LogP contribution >= 0.6 is 0 Å². The third-order valence-corrected chi connectivity index (χ3v) is 5.91. The van der Waals surface area contributed by atoms with E-state index in [1.807, 2.05) is 72.8 Å². The number of ether oxygens (including phenoxy) is 2. The lowest BCUT2D eigenvalue weighted by Gasteiger charge is -2.21. The molecule has 176 valence electrons. The Kier molecular flexibility index (Phi) is 7.32. The zero-order valence-corrected chi connectivity index (χ0v) is 19.4. The molecule has 34 heavy (non-hydrogen) atoms. The summed E-state index contributed by atoms with van der Waals surface area (Å²) in [4.78, 5) is 26.6. The lowest BCUT2D eigenvalue weighted by atomic mass is 9.98. The van der Waals surface area contributed by atoms with E-state index in [-0.39, 0.29) is 24.4 Å². The van der Waals surface area contributed by atoms with Crippen molar-refractivity contribution in [2.45, 2.75) is 18.9 Å². The number of nitrogens with zero attached hydrogens (tertiary/aromatic N) is 1. The van der Waals surface area contributed by atoms with Gasteiger partial charge in [0.1, 0.15) is 11.5 Å². The first-order valence-electron chi connectivity index (χ1n) is 11.3. The first-order chi connectivity index (χ1) is 16.6. The Morgan fingerprint density at radius 3 is 1.91 bits per heavy atom. The number of methoxy groups -OCH3 is 2. The number of carbonyl (C=O) groups excluding carboxylic acids is 2. The minimum atomic E-state index is -0.324. The third kappa shape index (κ3) is 5.49. The molecule has 0 bridgehead atoms. The number of carbonyl (C=O) groups is 2. The molecule has 7 heteroatoms. The highest BCUT2D eigenvalue weighted by Crippen LogP contribution is 2.26. The van der Waals surface area contributed by atoms with Crippen LogP contribution in [-0.2, 0) is 9.59 Å². The molecule has 0 aliphatic carbocycles. The van der Waals surface area contributed by atoms with Gasteiger partial charge in [-0.1, -0.05) is 24.3 Å². The Labute approximate surface area is 199 Å². The Morgan fingerprint density at radius 2 is 1.44 bits per heavy atom. The summed E-state index contributed by atoms with van der Waals surface area (Å²) < 4.78 is 10.5. The number of amides is 2. The molecule has 0 aromatic heterocycles. The highest BCUT2D eigenvalue weighted by Gasteiger charge is 2.21. The van der Waals surface area contributed by atoms with Crippen LogP contribution in [0.2, 0.25) is 0 Å². The van der Waals surface area contributed by atoms with Gasteiger partial charge >= 0.3 is 0 Å². The highest BCUT2D eigenvalue weighted by atomic mass is 16.5. The molecular weight excluding hydrogens is 430 g/mol. The summed E-state index contributed by atoms with van der Waals surface area (Å²) in [5, 5.41) is 6.28. The van der Waals surface area contributed by atoms with E-state index in [2.05, 4.69) is 10.6 Å². The van der Waals surface area contributed by atoms with Crippen LogP contribution in [-0.4, -0.2) is 39.1 Å². The van der Waals surface area contributed by atoms with Crippen LogP contribution in [0.1, 0.15) is 30.0 Å². The fourth-order valence-corrected chi connectivity index (χ4v) is 4.03. The van der Waals surface area contributed by atoms with Gasteiger partial charge in [0.05, 0.1) is 26.8 Å². The van der Waals surface area contributed by atoms with Crippen LogP contribution in [0.5, 0.6) is 11.5 Å². The van der Waals surface area contributed by atoms with E-state index in [1.54, 1.807) is 19.1 Å². The predicted octanol–water partition coefficient (Wildman–Crippen LogP) is 4.15. The van der Waals surface area contributed by atoms with E-state index in [0.717, 1.165) is 47.0 Å². The second-order valence-corrected chi connectivity index (χ2v) is 8.10. The zero-order valence-electron chi connectivity index (χ0n) is 19.4. The molecule has 2 N–H and O–H groups in total. The maximum absolute atomic E-state index is 12.9. The van der Waals surface area contributed by atoms with Gasteiger partial charge in [-0.05, 0) is 66.1 Å². The number of anilines is 2. The summed E-state index contributed by atoms with van der Waals surface area (Å²) >= 11 is 0.